The molecule has 1 rings (SSSR count). The van der Waals surface area contributed by atoms with Crippen LogP contribution in [0, 0.1) is 5.92 Å². The maximum atomic E-state index is 11.5. The first-order chi connectivity index (χ1) is 9.09. The molecule has 1 aliphatic rings. The zero-order valence-corrected chi connectivity index (χ0v) is 13.5. The van der Waals surface area contributed by atoms with Gasteiger partial charge in [-0.05, 0) is 38.6 Å². The average Bonchev–Trinajstić information content (AvgIpc) is 2.35. The molecule has 0 aromatic heterocycles. The van der Waals surface area contributed by atoms with E-state index in [0.717, 1.165) is 18.8 Å². The summed E-state index contributed by atoms with van der Waals surface area (Å²) in [4.78, 5) is 0. The Morgan fingerprint density at radius 2 is 1.68 bits per heavy atom. The number of hydrogen-bond donors (Lipinski definition) is 1. The van der Waals surface area contributed by atoms with Crippen molar-refractivity contribution in [1.82, 2.24) is 5.32 Å². The van der Waals surface area contributed by atoms with Crippen LogP contribution in [-0.2, 0) is 9.84 Å². The van der Waals surface area contributed by atoms with Gasteiger partial charge in [-0.15, -0.1) is 0 Å². The second kappa shape index (κ2) is 8.96. The maximum absolute atomic E-state index is 11.5. The van der Waals surface area contributed by atoms with Crippen LogP contribution in [0.15, 0.2) is 0 Å². The Kier molecular flexibility index (Phi) is 8.00. The molecule has 19 heavy (non-hydrogen) atoms. The van der Waals surface area contributed by atoms with E-state index >= 15 is 0 Å². The van der Waals surface area contributed by atoms with Gasteiger partial charge in [0.1, 0.15) is 9.84 Å². The molecule has 0 amide bonds. The van der Waals surface area contributed by atoms with Crippen LogP contribution in [0.2, 0.25) is 0 Å². The average molecular weight is 289 g/mol. The van der Waals surface area contributed by atoms with E-state index < -0.39 is 9.84 Å². The number of nitrogens with one attached hydrogen (secondary N) is 1. The summed E-state index contributed by atoms with van der Waals surface area (Å²) in [5.74, 6) is 1.38. The fourth-order valence-corrected chi connectivity index (χ4v) is 4.07. The lowest BCUT2D eigenvalue weighted by molar-refractivity contribution is 0.283. The van der Waals surface area contributed by atoms with Crippen LogP contribution < -0.4 is 5.32 Å². The Labute approximate surface area is 119 Å². The SMILES string of the molecule is CCS(=O)(=O)CCCC(NC)C1CCCCCCC1. The third-order valence-electron chi connectivity index (χ3n) is 4.50. The monoisotopic (exact) mass is 289 g/mol. The second-order valence-electron chi connectivity index (χ2n) is 5.88. The molecule has 1 fully saturated rings. The van der Waals surface area contributed by atoms with Crippen molar-refractivity contribution in [1.29, 1.82) is 0 Å². The predicted molar refractivity (Wildman–Crippen MR) is 82.2 cm³/mol. The van der Waals surface area contributed by atoms with Gasteiger partial charge >= 0.3 is 0 Å². The Balaban J connectivity index is 2.38. The summed E-state index contributed by atoms with van der Waals surface area (Å²) in [6.45, 7) is 1.74. The summed E-state index contributed by atoms with van der Waals surface area (Å²) in [6, 6.07) is 0.505. The van der Waals surface area contributed by atoms with E-state index in [1.54, 1.807) is 6.92 Å². The van der Waals surface area contributed by atoms with Gasteiger partial charge in [0.25, 0.3) is 0 Å². The molecule has 1 atom stereocenters. The molecule has 1 saturated carbocycles. The topological polar surface area (TPSA) is 46.2 Å². The molecule has 0 heterocycles. The molecule has 0 aliphatic heterocycles. The van der Waals surface area contributed by atoms with E-state index in [1.807, 2.05) is 7.05 Å². The fourth-order valence-electron chi connectivity index (χ4n) is 3.17. The summed E-state index contributed by atoms with van der Waals surface area (Å²) in [5, 5.41) is 3.43. The van der Waals surface area contributed by atoms with E-state index in [4.69, 9.17) is 0 Å². The van der Waals surface area contributed by atoms with Gasteiger partial charge in [0.2, 0.25) is 0 Å². The molecule has 0 bridgehead atoms. The van der Waals surface area contributed by atoms with E-state index in [1.165, 1.54) is 44.9 Å². The van der Waals surface area contributed by atoms with Gasteiger partial charge in [0, 0.05) is 11.8 Å². The van der Waals surface area contributed by atoms with Gasteiger partial charge in [-0.3, -0.25) is 0 Å². The van der Waals surface area contributed by atoms with E-state index in [2.05, 4.69) is 5.32 Å². The highest BCUT2D eigenvalue weighted by molar-refractivity contribution is 7.91. The molecule has 0 spiro atoms. The highest BCUT2D eigenvalue weighted by Gasteiger charge is 2.21. The smallest absolute Gasteiger partial charge is 0.150 e. The Hall–Kier alpha value is -0.0900. The van der Waals surface area contributed by atoms with E-state index in [-0.39, 0.29) is 5.75 Å². The highest BCUT2D eigenvalue weighted by Crippen LogP contribution is 2.26. The Morgan fingerprint density at radius 1 is 1.11 bits per heavy atom. The zero-order valence-electron chi connectivity index (χ0n) is 12.7. The molecule has 114 valence electrons. The summed E-state index contributed by atoms with van der Waals surface area (Å²) in [5.41, 5.74) is 0. The third-order valence-corrected chi connectivity index (χ3v) is 6.29. The minimum absolute atomic E-state index is 0.278. The summed E-state index contributed by atoms with van der Waals surface area (Å²) < 4.78 is 23.1. The van der Waals surface area contributed by atoms with Gasteiger partial charge < -0.3 is 5.32 Å². The maximum Gasteiger partial charge on any atom is 0.150 e. The van der Waals surface area contributed by atoms with E-state index in [9.17, 15) is 8.42 Å². The van der Waals surface area contributed by atoms with Crippen LogP contribution >= 0.6 is 0 Å². The van der Waals surface area contributed by atoms with Gasteiger partial charge in [0.05, 0.1) is 5.75 Å². The Bertz CT molecular complexity index is 319. The van der Waals surface area contributed by atoms with Gasteiger partial charge in [-0.25, -0.2) is 8.42 Å². The lowest BCUT2D eigenvalue weighted by Crippen LogP contribution is -2.34. The van der Waals surface area contributed by atoms with Crippen LogP contribution in [-0.4, -0.2) is 33.0 Å². The molecule has 1 aliphatic carbocycles. The number of hydrogen-bond acceptors (Lipinski definition) is 3. The number of sulfone groups is 1. The molecule has 3 nitrogen and oxygen atoms in total. The van der Waals surface area contributed by atoms with Gasteiger partial charge in [-0.2, -0.15) is 0 Å². The lowest BCUT2D eigenvalue weighted by Gasteiger charge is -2.28. The van der Waals surface area contributed by atoms with Crippen LogP contribution in [0.4, 0.5) is 0 Å². The molecule has 1 N–H and O–H groups in total. The normalized spacial score (nSPS) is 20.7. The van der Waals surface area contributed by atoms with Crippen molar-refractivity contribution in [2.45, 2.75) is 70.8 Å². The molecular weight excluding hydrogens is 258 g/mol. The predicted octanol–water partition coefficient (Wildman–Crippen LogP) is 3.15. The van der Waals surface area contributed by atoms with Crippen LogP contribution in [0.5, 0.6) is 0 Å². The van der Waals surface area contributed by atoms with Crippen LogP contribution in [0.3, 0.4) is 0 Å². The van der Waals surface area contributed by atoms with E-state index in [0.29, 0.717) is 11.8 Å². The molecule has 0 aromatic carbocycles. The molecule has 1 unspecified atom stereocenters. The van der Waals surface area contributed by atoms with Crippen molar-refractivity contribution >= 4 is 9.84 Å². The quantitative estimate of drug-likeness (QED) is 0.783. The molecule has 0 radical (unpaired) electrons. The van der Waals surface area contributed by atoms with Crippen LogP contribution in [0.25, 0.3) is 0 Å². The van der Waals surface area contributed by atoms with Gasteiger partial charge in [0.15, 0.2) is 0 Å². The third kappa shape index (κ3) is 6.75. The standard InChI is InChI=1S/C15H31NO2S/c1-3-19(17,18)13-9-12-15(16-2)14-10-7-5-4-6-8-11-14/h14-16H,3-13H2,1-2H3. The first kappa shape index (κ1) is 17.0. The number of rotatable bonds is 7. The molecule has 4 heteroatoms. The molecular formula is C15H31NO2S. The Morgan fingerprint density at radius 3 is 2.21 bits per heavy atom. The minimum atomic E-state index is -2.79. The molecule has 0 saturated heterocycles. The van der Waals surface area contributed by atoms with Crippen molar-refractivity contribution < 1.29 is 8.42 Å². The first-order valence-electron chi connectivity index (χ1n) is 7.96. The second-order valence-corrected chi connectivity index (χ2v) is 8.35. The summed E-state index contributed by atoms with van der Waals surface area (Å²) in [7, 11) is -0.769. The van der Waals surface area contributed by atoms with Crippen molar-refractivity contribution in [3.05, 3.63) is 0 Å². The lowest BCUT2D eigenvalue weighted by atomic mass is 9.84. The van der Waals surface area contributed by atoms with Crippen molar-refractivity contribution in [2.24, 2.45) is 5.92 Å². The largest absolute Gasteiger partial charge is 0.317 e. The minimum Gasteiger partial charge on any atom is -0.317 e. The fraction of sp³-hybridized carbons (Fsp3) is 1.00. The van der Waals surface area contributed by atoms with Crippen molar-refractivity contribution in [3.63, 3.8) is 0 Å². The van der Waals surface area contributed by atoms with Crippen molar-refractivity contribution in [3.8, 4) is 0 Å². The summed E-state index contributed by atoms with van der Waals surface area (Å²) >= 11 is 0. The van der Waals surface area contributed by atoms with Crippen LogP contribution in [0.1, 0.15) is 64.7 Å². The van der Waals surface area contributed by atoms with Crippen molar-refractivity contribution in [2.75, 3.05) is 18.6 Å². The first-order valence-corrected chi connectivity index (χ1v) is 9.79. The zero-order chi connectivity index (χ0) is 14.1. The highest BCUT2D eigenvalue weighted by atomic mass is 32.2. The van der Waals surface area contributed by atoms with Gasteiger partial charge in [-0.1, -0.05) is 39.0 Å². The molecule has 0 aromatic rings. The summed E-state index contributed by atoms with van der Waals surface area (Å²) in [6.07, 6.45) is 11.3.